The quantitative estimate of drug-likeness (QED) is 0.804. The van der Waals surface area contributed by atoms with Gasteiger partial charge in [0.05, 0.1) is 5.69 Å². The third kappa shape index (κ3) is 2.41. The molecule has 5 heteroatoms. The molecule has 0 radical (unpaired) electrons. The summed E-state index contributed by atoms with van der Waals surface area (Å²) >= 11 is 0. The van der Waals surface area contributed by atoms with Gasteiger partial charge in [-0.15, -0.1) is 0 Å². The maximum absolute atomic E-state index is 11.7. The molecule has 2 aliphatic rings. The third-order valence-corrected chi connectivity index (χ3v) is 3.73. The van der Waals surface area contributed by atoms with Crippen molar-refractivity contribution in [2.75, 3.05) is 6.54 Å². The lowest BCUT2D eigenvalue weighted by Gasteiger charge is -2.14. The summed E-state index contributed by atoms with van der Waals surface area (Å²) in [4.78, 5) is 11.7. The summed E-state index contributed by atoms with van der Waals surface area (Å²) in [7, 11) is 2.00. The lowest BCUT2D eigenvalue weighted by atomic mass is 10.0. The van der Waals surface area contributed by atoms with Crippen molar-refractivity contribution >= 4 is 5.91 Å². The molecule has 0 unspecified atom stereocenters. The fourth-order valence-corrected chi connectivity index (χ4v) is 2.56. The number of hydrogen-bond acceptors (Lipinski definition) is 3. The van der Waals surface area contributed by atoms with Gasteiger partial charge in [-0.2, -0.15) is 5.10 Å². The molecular formula is C13H20N4O. The van der Waals surface area contributed by atoms with Crippen molar-refractivity contribution in [1.82, 2.24) is 20.4 Å². The summed E-state index contributed by atoms with van der Waals surface area (Å²) in [6.07, 6.45) is 4.64. The molecule has 1 aromatic heterocycles. The average Bonchev–Trinajstić information content (AvgIpc) is 3.12. The smallest absolute Gasteiger partial charge is 0.220 e. The molecule has 0 saturated heterocycles. The standard InChI is InChI=1S/C13H20N4O/c1-17-12-6-7-14-8-10(12)11(16-17)4-5-13(18)15-9-2-3-9/h9,14H,2-8H2,1H3,(H,15,18). The third-order valence-electron chi connectivity index (χ3n) is 3.73. The lowest BCUT2D eigenvalue weighted by molar-refractivity contribution is -0.121. The maximum Gasteiger partial charge on any atom is 0.220 e. The Morgan fingerprint density at radius 3 is 3.17 bits per heavy atom. The zero-order valence-corrected chi connectivity index (χ0v) is 10.8. The van der Waals surface area contributed by atoms with Gasteiger partial charge >= 0.3 is 0 Å². The first-order valence-corrected chi connectivity index (χ1v) is 6.78. The Kier molecular flexibility index (Phi) is 3.07. The van der Waals surface area contributed by atoms with Crippen molar-refractivity contribution in [2.45, 2.75) is 44.7 Å². The van der Waals surface area contributed by atoms with E-state index in [-0.39, 0.29) is 5.91 Å². The first-order chi connectivity index (χ1) is 8.74. The number of nitrogens with zero attached hydrogens (tertiary/aromatic N) is 2. The van der Waals surface area contributed by atoms with Crippen LogP contribution in [-0.2, 0) is 31.2 Å². The molecule has 2 N–H and O–H groups in total. The fraction of sp³-hybridized carbons (Fsp3) is 0.692. The predicted octanol–water partition coefficient (Wildman–Crippen LogP) is 0.277. The van der Waals surface area contributed by atoms with E-state index < -0.39 is 0 Å². The summed E-state index contributed by atoms with van der Waals surface area (Å²) in [5, 5.41) is 10.9. The zero-order valence-electron chi connectivity index (χ0n) is 10.8. The molecule has 98 valence electrons. The number of carbonyl (C=O) groups is 1. The summed E-state index contributed by atoms with van der Waals surface area (Å²) in [6.45, 7) is 1.91. The Hall–Kier alpha value is -1.36. The first kappa shape index (κ1) is 11.7. The number of nitrogens with one attached hydrogen (secondary N) is 2. The molecule has 0 aromatic carbocycles. The Bertz CT molecular complexity index is 462. The minimum Gasteiger partial charge on any atom is -0.353 e. The molecule has 1 aliphatic carbocycles. The molecule has 1 aliphatic heterocycles. The van der Waals surface area contributed by atoms with Crippen LogP contribution < -0.4 is 10.6 Å². The molecule has 1 aromatic rings. The van der Waals surface area contributed by atoms with Gasteiger partial charge in [0.15, 0.2) is 0 Å². The Balaban J connectivity index is 1.63. The summed E-state index contributed by atoms with van der Waals surface area (Å²) in [6, 6.07) is 0.455. The highest BCUT2D eigenvalue weighted by Crippen LogP contribution is 2.20. The van der Waals surface area contributed by atoms with E-state index in [1.54, 1.807) is 0 Å². The SMILES string of the molecule is Cn1nc(CCC(=O)NC2CC2)c2c1CCNC2. The Morgan fingerprint density at radius 1 is 1.56 bits per heavy atom. The highest BCUT2D eigenvalue weighted by atomic mass is 16.1. The van der Waals surface area contributed by atoms with E-state index in [0.29, 0.717) is 12.5 Å². The molecule has 0 atom stereocenters. The summed E-state index contributed by atoms with van der Waals surface area (Å²) < 4.78 is 1.98. The number of rotatable bonds is 4. The number of aromatic nitrogens is 2. The van der Waals surface area contributed by atoms with Crippen molar-refractivity contribution < 1.29 is 4.79 Å². The van der Waals surface area contributed by atoms with Gasteiger partial charge < -0.3 is 10.6 Å². The topological polar surface area (TPSA) is 59.0 Å². The second-order valence-corrected chi connectivity index (χ2v) is 5.26. The van der Waals surface area contributed by atoms with Crippen LogP contribution in [0.3, 0.4) is 0 Å². The summed E-state index contributed by atoms with van der Waals surface area (Å²) in [5.74, 6) is 0.167. The van der Waals surface area contributed by atoms with Crippen LogP contribution >= 0.6 is 0 Å². The van der Waals surface area contributed by atoms with Gasteiger partial charge in [0.2, 0.25) is 5.91 Å². The molecule has 0 bridgehead atoms. The Labute approximate surface area is 107 Å². The average molecular weight is 248 g/mol. The molecule has 1 fully saturated rings. The molecular weight excluding hydrogens is 228 g/mol. The van der Waals surface area contributed by atoms with E-state index >= 15 is 0 Å². The normalized spacial score (nSPS) is 18.5. The fourth-order valence-electron chi connectivity index (χ4n) is 2.56. The van der Waals surface area contributed by atoms with E-state index in [4.69, 9.17) is 0 Å². The van der Waals surface area contributed by atoms with Crippen LogP contribution in [0.25, 0.3) is 0 Å². The van der Waals surface area contributed by atoms with Gasteiger partial charge in [0.1, 0.15) is 0 Å². The molecule has 1 saturated carbocycles. The number of amides is 1. The van der Waals surface area contributed by atoms with Crippen LogP contribution in [-0.4, -0.2) is 28.3 Å². The number of hydrogen-bond donors (Lipinski definition) is 2. The predicted molar refractivity (Wildman–Crippen MR) is 68.1 cm³/mol. The molecule has 0 spiro atoms. The van der Waals surface area contributed by atoms with Crippen molar-refractivity contribution in [3.8, 4) is 0 Å². The van der Waals surface area contributed by atoms with Crippen molar-refractivity contribution in [2.24, 2.45) is 7.05 Å². The first-order valence-electron chi connectivity index (χ1n) is 6.78. The largest absolute Gasteiger partial charge is 0.353 e. The van der Waals surface area contributed by atoms with Crippen molar-refractivity contribution in [1.29, 1.82) is 0 Å². The van der Waals surface area contributed by atoms with Gasteiger partial charge in [-0.25, -0.2) is 0 Å². The monoisotopic (exact) mass is 248 g/mol. The van der Waals surface area contributed by atoms with E-state index in [0.717, 1.165) is 44.5 Å². The molecule has 18 heavy (non-hydrogen) atoms. The van der Waals surface area contributed by atoms with Gasteiger partial charge in [-0.3, -0.25) is 9.48 Å². The van der Waals surface area contributed by atoms with Gasteiger partial charge in [0, 0.05) is 56.7 Å². The number of fused-ring (bicyclic) bond motifs is 1. The second-order valence-electron chi connectivity index (χ2n) is 5.26. The van der Waals surface area contributed by atoms with Crippen LogP contribution in [0.2, 0.25) is 0 Å². The van der Waals surface area contributed by atoms with Crippen LogP contribution in [0.1, 0.15) is 36.2 Å². The lowest BCUT2D eigenvalue weighted by Crippen LogP contribution is -2.26. The van der Waals surface area contributed by atoms with E-state index in [1.165, 1.54) is 11.3 Å². The Morgan fingerprint density at radius 2 is 2.39 bits per heavy atom. The molecule has 3 rings (SSSR count). The highest BCUT2D eigenvalue weighted by Gasteiger charge is 2.24. The van der Waals surface area contributed by atoms with Crippen LogP contribution in [0.4, 0.5) is 0 Å². The molecule has 5 nitrogen and oxygen atoms in total. The van der Waals surface area contributed by atoms with Crippen LogP contribution in [0.15, 0.2) is 0 Å². The molecule has 1 amide bonds. The van der Waals surface area contributed by atoms with Crippen LogP contribution in [0, 0.1) is 0 Å². The minimum absolute atomic E-state index is 0.167. The van der Waals surface area contributed by atoms with Crippen molar-refractivity contribution in [3.05, 3.63) is 17.0 Å². The van der Waals surface area contributed by atoms with E-state index in [1.807, 2.05) is 11.7 Å². The molecule has 2 heterocycles. The van der Waals surface area contributed by atoms with Crippen molar-refractivity contribution in [3.63, 3.8) is 0 Å². The van der Waals surface area contributed by atoms with E-state index in [9.17, 15) is 4.79 Å². The number of aryl methyl sites for hydroxylation is 2. The van der Waals surface area contributed by atoms with Gasteiger partial charge in [0.25, 0.3) is 0 Å². The maximum atomic E-state index is 11.7. The number of carbonyl (C=O) groups excluding carboxylic acids is 1. The second kappa shape index (κ2) is 4.72. The van der Waals surface area contributed by atoms with Gasteiger partial charge in [-0.1, -0.05) is 0 Å². The van der Waals surface area contributed by atoms with Crippen LogP contribution in [0.5, 0.6) is 0 Å². The highest BCUT2D eigenvalue weighted by molar-refractivity contribution is 5.76. The van der Waals surface area contributed by atoms with E-state index in [2.05, 4.69) is 15.7 Å². The zero-order chi connectivity index (χ0) is 12.5. The van der Waals surface area contributed by atoms with Gasteiger partial charge in [-0.05, 0) is 12.8 Å². The summed E-state index contributed by atoms with van der Waals surface area (Å²) in [5.41, 5.74) is 3.72. The minimum atomic E-state index is 0.167.